The quantitative estimate of drug-likeness (QED) is 0.835. The van der Waals surface area contributed by atoms with Crippen molar-refractivity contribution < 1.29 is 0 Å². The third-order valence-corrected chi connectivity index (χ3v) is 4.65. The predicted molar refractivity (Wildman–Crippen MR) is 87.1 cm³/mol. The number of nitrogens with one attached hydrogen (secondary N) is 1. The fraction of sp³-hybridized carbons (Fsp3) is 0.667. The monoisotopic (exact) mass is 292 g/mol. The van der Waals surface area contributed by atoms with Crippen molar-refractivity contribution in [3.05, 3.63) is 16.8 Å². The molecule has 0 aromatic carbocycles. The predicted octanol–water partition coefficient (Wildman–Crippen LogP) is 3.11. The van der Waals surface area contributed by atoms with Gasteiger partial charge in [0.15, 0.2) is 5.82 Å². The van der Waals surface area contributed by atoms with E-state index in [1.54, 1.807) is 0 Å². The summed E-state index contributed by atoms with van der Waals surface area (Å²) in [6.07, 6.45) is 6.52. The van der Waals surface area contributed by atoms with Crippen LogP contribution in [0.3, 0.4) is 0 Å². The lowest BCUT2D eigenvalue weighted by Gasteiger charge is -2.34. The van der Waals surface area contributed by atoms with Crippen LogP contribution in [-0.4, -0.2) is 21.7 Å². The first kappa shape index (κ1) is 15.2. The maximum absolute atomic E-state index is 5.85. The van der Waals surface area contributed by atoms with Gasteiger partial charge in [0.1, 0.15) is 4.99 Å². The molecule has 20 heavy (non-hydrogen) atoms. The average molecular weight is 292 g/mol. The highest BCUT2D eigenvalue weighted by Gasteiger charge is 2.27. The SMILES string of the molecule is Cc1nnc(NCC2(C)CCCCC2)c(C(N)=S)c1C. The van der Waals surface area contributed by atoms with Gasteiger partial charge in [-0.1, -0.05) is 38.4 Å². The van der Waals surface area contributed by atoms with Crippen molar-refractivity contribution in [2.24, 2.45) is 11.1 Å². The van der Waals surface area contributed by atoms with Crippen LogP contribution >= 0.6 is 12.2 Å². The zero-order valence-electron chi connectivity index (χ0n) is 12.6. The largest absolute Gasteiger partial charge is 0.389 e. The molecule has 1 fully saturated rings. The van der Waals surface area contributed by atoms with E-state index in [-0.39, 0.29) is 0 Å². The first-order chi connectivity index (χ1) is 9.43. The molecule has 5 heteroatoms. The molecule has 1 aromatic rings. The van der Waals surface area contributed by atoms with E-state index in [1.807, 2.05) is 13.8 Å². The Morgan fingerprint density at radius 3 is 2.50 bits per heavy atom. The highest BCUT2D eigenvalue weighted by atomic mass is 32.1. The molecule has 110 valence electrons. The van der Waals surface area contributed by atoms with Crippen LogP contribution in [0.5, 0.6) is 0 Å². The molecule has 0 bridgehead atoms. The van der Waals surface area contributed by atoms with Crippen LogP contribution in [0, 0.1) is 19.3 Å². The molecule has 0 saturated heterocycles. The summed E-state index contributed by atoms with van der Waals surface area (Å²) >= 11 is 5.17. The highest BCUT2D eigenvalue weighted by molar-refractivity contribution is 7.80. The summed E-state index contributed by atoms with van der Waals surface area (Å²) in [6.45, 7) is 7.16. The van der Waals surface area contributed by atoms with Gasteiger partial charge < -0.3 is 11.1 Å². The van der Waals surface area contributed by atoms with Crippen molar-refractivity contribution in [2.45, 2.75) is 52.9 Å². The van der Waals surface area contributed by atoms with Crippen molar-refractivity contribution in [1.29, 1.82) is 0 Å². The van der Waals surface area contributed by atoms with Crippen LogP contribution < -0.4 is 11.1 Å². The summed E-state index contributed by atoms with van der Waals surface area (Å²) in [6, 6.07) is 0. The highest BCUT2D eigenvalue weighted by Crippen LogP contribution is 2.36. The van der Waals surface area contributed by atoms with Gasteiger partial charge in [-0.3, -0.25) is 0 Å². The maximum Gasteiger partial charge on any atom is 0.159 e. The van der Waals surface area contributed by atoms with E-state index >= 15 is 0 Å². The van der Waals surface area contributed by atoms with Crippen LogP contribution in [-0.2, 0) is 0 Å². The van der Waals surface area contributed by atoms with Crippen LogP contribution in [0.1, 0.15) is 55.8 Å². The molecule has 0 atom stereocenters. The topological polar surface area (TPSA) is 63.8 Å². The Morgan fingerprint density at radius 1 is 1.25 bits per heavy atom. The molecule has 1 aliphatic carbocycles. The van der Waals surface area contributed by atoms with Crippen molar-refractivity contribution in [3.8, 4) is 0 Å². The van der Waals surface area contributed by atoms with Gasteiger partial charge in [0, 0.05) is 6.54 Å². The molecule has 3 N–H and O–H groups in total. The number of hydrogen-bond acceptors (Lipinski definition) is 4. The number of aryl methyl sites for hydroxylation is 1. The van der Waals surface area contributed by atoms with Gasteiger partial charge >= 0.3 is 0 Å². The summed E-state index contributed by atoms with van der Waals surface area (Å²) in [7, 11) is 0. The van der Waals surface area contributed by atoms with Crippen molar-refractivity contribution in [3.63, 3.8) is 0 Å². The average Bonchev–Trinajstić information content (AvgIpc) is 2.40. The van der Waals surface area contributed by atoms with Gasteiger partial charge in [-0.2, -0.15) is 5.10 Å². The van der Waals surface area contributed by atoms with E-state index in [9.17, 15) is 0 Å². The normalized spacial score (nSPS) is 17.8. The first-order valence-electron chi connectivity index (χ1n) is 7.30. The van der Waals surface area contributed by atoms with Crippen LogP contribution in [0.15, 0.2) is 0 Å². The Bertz CT molecular complexity index is 507. The standard InChI is InChI=1S/C15H24N4S/c1-10-11(2)18-19-14(12(10)13(16)20)17-9-15(3)7-5-4-6-8-15/h4-9H2,1-3H3,(H2,16,20)(H,17,19). The molecule has 0 amide bonds. The number of aromatic nitrogens is 2. The van der Waals surface area contributed by atoms with Gasteiger partial charge in [0.05, 0.1) is 11.3 Å². The van der Waals surface area contributed by atoms with E-state index in [2.05, 4.69) is 22.4 Å². The third-order valence-electron chi connectivity index (χ3n) is 4.44. The van der Waals surface area contributed by atoms with Crippen LogP contribution in [0.4, 0.5) is 5.82 Å². The molecule has 0 unspecified atom stereocenters. The molecule has 0 aliphatic heterocycles. The second kappa shape index (κ2) is 6.04. The van der Waals surface area contributed by atoms with E-state index in [4.69, 9.17) is 18.0 Å². The van der Waals surface area contributed by atoms with E-state index in [0.29, 0.717) is 10.4 Å². The van der Waals surface area contributed by atoms with Gasteiger partial charge in [0.25, 0.3) is 0 Å². The molecule has 0 spiro atoms. The molecular weight excluding hydrogens is 268 g/mol. The Kier molecular flexibility index (Phi) is 4.58. The van der Waals surface area contributed by atoms with E-state index in [0.717, 1.165) is 29.2 Å². The summed E-state index contributed by atoms with van der Waals surface area (Å²) in [4.78, 5) is 0.386. The lowest BCUT2D eigenvalue weighted by molar-refractivity contribution is 0.233. The Balaban J connectivity index is 2.17. The third kappa shape index (κ3) is 3.26. The van der Waals surface area contributed by atoms with Gasteiger partial charge in [0.2, 0.25) is 0 Å². The van der Waals surface area contributed by atoms with Crippen LogP contribution in [0.2, 0.25) is 0 Å². The van der Waals surface area contributed by atoms with Gasteiger partial charge in [-0.05, 0) is 37.7 Å². The Morgan fingerprint density at radius 2 is 1.90 bits per heavy atom. The Hall–Kier alpha value is -1.23. The second-order valence-corrected chi connectivity index (χ2v) is 6.66. The fourth-order valence-electron chi connectivity index (χ4n) is 2.91. The van der Waals surface area contributed by atoms with Crippen LogP contribution in [0.25, 0.3) is 0 Å². The van der Waals surface area contributed by atoms with Crippen molar-refractivity contribution in [2.75, 3.05) is 11.9 Å². The molecule has 1 aliphatic rings. The summed E-state index contributed by atoms with van der Waals surface area (Å²) < 4.78 is 0. The van der Waals surface area contributed by atoms with Gasteiger partial charge in [-0.15, -0.1) is 5.10 Å². The molecule has 0 radical (unpaired) electrons. The molecule has 1 heterocycles. The lowest BCUT2D eigenvalue weighted by Crippen LogP contribution is -2.30. The van der Waals surface area contributed by atoms with Gasteiger partial charge in [-0.25, -0.2) is 0 Å². The zero-order chi connectivity index (χ0) is 14.8. The maximum atomic E-state index is 5.85. The zero-order valence-corrected chi connectivity index (χ0v) is 13.4. The molecule has 1 aromatic heterocycles. The van der Waals surface area contributed by atoms with E-state index in [1.165, 1.54) is 32.1 Å². The van der Waals surface area contributed by atoms with E-state index < -0.39 is 0 Å². The van der Waals surface area contributed by atoms with Crippen molar-refractivity contribution in [1.82, 2.24) is 10.2 Å². The first-order valence-corrected chi connectivity index (χ1v) is 7.71. The number of nitrogens with two attached hydrogens (primary N) is 1. The second-order valence-electron chi connectivity index (χ2n) is 6.22. The van der Waals surface area contributed by atoms with Crippen molar-refractivity contribution >= 4 is 23.0 Å². The number of thiocarbonyl (C=S) groups is 1. The number of rotatable bonds is 4. The number of nitrogens with zero attached hydrogens (tertiary/aromatic N) is 2. The lowest BCUT2D eigenvalue weighted by atomic mass is 9.76. The number of hydrogen-bond donors (Lipinski definition) is 2. The molecule has 2 rings (SSSR count). The minimum atomic E-state index is 0.339. The number of anilines is 1. The fourth-order valence-corrected chi connectivity index (χ4v) is 3.16. The minimum Gasteiger partial charge on any atom is -0.389 e. The summed E-state index contributed by atoms with van der Waals surface area (Å²) in [5, 5.41) is 11.9. The smallest absolute Gasteiger partial charge is 0.159 e. The minimum absolute atomic E-state index is 0.339. The summed E-state index contributed by atoms with van der Waals surface area (Å²) in [5.41, 5.74) is 8.92. The molecule has 1 saturated carbocycles. The summed E-state index contributed by atoms with van der Waals surface area (Å²) in [5.74, 6) is 0.729. The molecule has 4 nitrogen and oxygen atoms in total. The Labute approximate surface area is 126 Å². The molecular formula is C15H24N4S.